The van der Waals surface area contributed by atoms with Crippen molar-refractivity contribution >= 4 is 10.8 Å². The summed E-state index contributed by atoms with van der Waals surface area (Å²) >= 11 is 0. The summed E-state index contributed by atoms with van der Waals surface area (Å²) in [6.45, 7) is 3.65. The van der Waals surface area contributed by atoms with Gasteiger partial charge < -0.3 is 4.74 Å². The van der Waals surface area contributed by atoms with Gasteiger partial charge in [-0.15, -0.1) is 0 Å². The van der Waals surface area contributed by atoms with Gasteiger partial charge in [-0.3, -0.25) is 0 Å². The Morgan fingerprint density at radius 3 is 2.27 bits per heavy atom. The summed E-state index contributed by atoms with van der Waals surface area (Å²) in [4.78, 5) is 0. The van der Waals surface area contributed by atoms with Gasteiger partial charge in [-0.2, -0.15) is 5.26 Å². The lowest BCUT2D eigenvalue weighted by Gasteiger charge is -2.11. The Morgan fingerprint density at radius 2 is 1.61 bits per heavy atom. The van der Waals surface area contributed by atoms with Crippen molar-refractivity contribution in [2.45, 2.75) is 12.8 Å². The Balaban J connectivity index is 1.60. The maximum absolute atomic E-state index is 15.1. The molecule has 4 rings (SSSR count). The van der Waals surface area contributed by atoms with Gasteiger partial charge in [-0.05, 0) is 53.1 Å². The van der Waals surface area contributed by atoms with Gasteiger partial charge in [0.2, 0.25) is 0 Å². The molecule has 0 fully saturated rings. The van der Waals surface area contributed by atoms with E-state index in [2.05, 4.69) is 12.6 Å². The van der Waals surface area contributed by atoms with Gasteiger partial charge >= 0.3 is 0 Å². The van der Waals surface area contributed by atoms with Crippen LogP contribution in [0.2, 0.25) is 0 Å². The average molecular weight is 443 g/mol. The molecule has 4 aromatic carbocycles. The van der Waals surface area contributed by atoms with Crippen LogP contribution < -0.4 is 4.74 Å². The Kier molecular flexibility index (Phi) is 6.46. The molecular formula is C28H20F3NO. The number of nitrogens with zero attached hydrogens (tertiary/aromatic N) is 1. The highest BCUT2D eigenvalue weighted by Crippen LogP contribution is 2.33. The number of benzene rings is 4. The number of aryl methyl sites for hydroxylation is 2. The van der Waals surface area contributed by atoms with Crippen LogP contribution in [0, 0.1) is 28.8 Å². The zero-order valence-corrected chi connectivity index (χ0v) is 17.7. The SMILES string of the molecule is C=CCOc1cc(F)c(-c2ccc3c(F)c(CCc4ccc(C#N)cc4)ccc3c2)c(F)c1. The van der Waals surface area contributed by atoms with Crippen molar-refractivity contribution in [3.05, 3.63) is 114 Å². The quantitative estimate of drug-likeness (QED) is 0.284. The Labute approximate surface area is 190 Å². The summed E-state index contributed by atoms with van der Waals surface area (Å²) in [6, 6.07) is 19.6. The molecule has 164 valence electrons. The van der Waals surface area contributed by atoms with Crippen LogP contribution in [-0.4, -0.2) is 6.61 Å². The molecule has 5 heteroatoms. The predicted octanol–water partition coefficient (Wildman–Crippen LogP) is 7.15. The number of nitriles is 1. The maximum Gasteiger partial charge on any atom is 0.137 e. The van der Waals surface area contributed by atoms with Crippen molar-refractivity contribution in [3.63, 3.8) is 0 Å². The zero-order valence-electron chi connectivity index (χ0n) is 17.7. The van der Waals surface area contributed by atoms with Crippen molar-refractivity contribution in [3.8, 4) is 22.9 Å². The molecule has 0 heterocycles. The molecule has 0 saturated carbocycles. The molecule has 0 atom stereocenters. The van der Waals surface area contributed by atoms with E-state index in [9.17, 15) is 8.78 Å². The highest BCUT2D eigenvalue weighted by Gasteiger charge is 2.16. The van der Waals surface area contributed by atoms with E-state index in [1.165, 1.54) is 12.1 Å². The second kappa shape index (κ2) is 9.62. The molecule has 0 aromatic heterocycles. The smallest absolute Gasteiger partial charge is 0.137 e. The van der Waals surface area contributed by atoms with E-state index in [-0.39, 0.29) is 23.7 Å². The molecule has 33 heavy (non-hydrogen) atoms. The number of hydrogen-bond donors (Lipinski definition) is 0. The first-order valence-corrected chi connectivity index (χ1v) is 10.4. The van der Waals surface area contributed by atoms with E-state index < -0.39 is 11.6 Å². The van der Waals surface area contributed by atoms with Gasteiger partial charge in [0.1, 0.15) is 29.8 Å². The Hall–Kier alpha value is -4.04. The van der Waals surface area contributed by atoms with Crippen LogP contribution in [0.1, 0.15) is 16.7 Å². The largest absolute Gasteiger partial charge is 0.489 e. The van der Waals surface area contributed by atoms with Crippen LogP contribution in [0.5, 0.6) is 5.75 Å². The summed E-state index contributed by atoms with van der Waals surface area (Å²) in [7, 11) is 0. The number of hydrogen-bond acceptors (Lipinski definition) is 2. The number of fused-ring (bicyclic) bond motifs is 1. The van der Waals surface area contributed by atoms with Crippen molar-refractivity contribution in [1.82, 2.24) is 0 Å². The van der Waals surface area contributed by atoms with Gasteiger partial charge in [0.15, 0.2) is 0 Å². The molecule has 4 aromatic rings. The molecule has 2 nitrogen and oxygen atoms in total. The lowest BCUT2D eigenvalue weighted by atomic mass is 9.96. The van der Waals surface area contributed by atoms with Crippen LogP contribution in [-0.2, 0) is 12.8 Å². The first-order chi connectivity index (χ1) is 16.0. The Morgan fingerprint density at radius 1 is 0.879 bits per heavy atom. The molecule has 0 unspecified atom stereocenters. The minimum atomic E-state index is -0.757. The van der Waals surface area contributed by atoms with Crippen LogP contribution in [0.3, 0.4) is 0 Å². The molecule has 0 saturated heterocycles. The summed E-state index contributed by atoms with van der Waals surface area (Å²) in [6.07, 6.45) is 2.61. The second-order valence-electron chi connectivity index (χ2n) is 7.64. The van der Waals surface area contributed by atoms with Crippen LogP contribution in [0.4, 0.5) is 13.2 Å². The fourth-order valence-electron chi connectivity index (χ4n) is 3.77. The topological polar surface area (TPSA) is 33.0 Å². The maximum atomic E-state index is 15.1. The van der Waals surface area contributed by atoms with Gasteiger partial charge in [-0.1, -0.05) is 49.1 Å². The molecule has 0 spiro atoms. The molecular weight excluding hydrogens is 423 g/mol. The molecule has 0 N–H and O–H groups in total. The molecule has 0 radical (unpaired) electrons. The van der Waals surface area contributed by atoms with Crippen LogP contribution >= 0.6 is 0 Å². The number of halogens is 3. The van der Waals surface area contributed by atoms with Crippen molar-refractivity contribution < 1.29 is 17.9 Å². The summed E-state index contributed by atoms with van der Waals surface area (Å²) in [5.74, 6) is -1.78. The van der Waals surface area contributed by atoms with E-state index >= 15 is 4.39 Å². The molecule has 0 aliphatic heterocycles. The monoisotopic (exact) mass is 443 g/mol. The summed E-state index contributed by atoms with van der Waals surface area (Å²) < 4.78 is 49.6. The van der Waals surface area contributed by atoms with Gasteiger partial charge in [-0.25, -0.2) is 13.2 Å². The van der Waals surface area contributed by atoms with Crippen LogP contribution in [0.25, 0.3) is 21.9 Å². The average Bonchev–Trinajstić information content (AvgIpc) is 2.82. The lowest BCUT2D eigenvalue weighted by Crippen LogP contribution is -1.98. The van der Waals surface area contributed by atoms with E-state index in [1.807, 2.05) is 12.1 Å². The van der Waals surface area contributed by atoms with Crippen molar-refractivity contribution in [2.75, 3.05) is 6.61 Å². The fraction of sp³-hybridized carbons (Fsp3) is 0.107. The van der Waals surface area contributed by atoms with E-state index in [4.69, 9.17) is 10.00 Å². The first-order valence-electron chi connectivity index (χ1n) is 10.4. The third-order valence-electron chi connectivity index (χ3n) is 5.47. The van der Waals surface area contributed by atoms with E-state index in [0.717, 1.165) is 17.7 Å². The van der Waals surface area contributed by atoms with E-state index in [0.29, 0.717) is 40.3 Å². The molecule has 0 bridgehead atoms. The molecule has 0 amide bonds. The van der Waals surface area contributed by atoms with Crippen molar-refractivity contribution in [2.24, 2.45) is 0 Å². The normalized spacial score (nSPS) is 10.7. The van der Waals surface area contributed by atoms with Crippen LogP contribution in [0.15, 0.2) is 79.4 Å². The minimum absolute atomic E-state index is 0.0763. The van der Waals surface area contributed by atoms with Crippen molar-refractivity contribution in [1.29, 1.82) is 5.26 Å². The Bertz CT molecular complexity index is 1350. The highest BCUT2D eigenvalue weighted by atomic mass is 19.1. The van der Waals surface area contributed by atoms with Gasteiger partial charge in [0.05, 0.1) is 17.2 Å². The standard InChI is InChI=1S/C28H20F3NO/c1-2-13-33-23-15-25(29)27(26(30)16-23)22-11-12-24-21(14-22)10-9-20(28(24)31)8-7-18-3-5-19(17-32)6-4-18/h2-6,9-12,14-16H,1,7-8,13H2. The van der Waals surface area contributed by atoms with Gasteiger partial charge in [0, 0.05) is 17.5 Å². The lowest BCUT2D eigenvalue weighted by molar-refractivity contribution is 0.358. The third kappa shape index (κ3) is 4.75. The number of rotatable bonds is 7. The first kappa shape index (κ1) is 22.2. The zero-order chi connectivity index (χ0) is 23.4. The predicted molar refractivity (Wildman–Crippen MR) is 124 cm³/mol. The third-order valence-corrected chi connectivity index (χ3v) is 5.47. The number of ether oxygens (including phenoxy) is 1. The fourth-order valence-corrected chi connectivity index (χ4v) is 3.77. The second-order valence-corrected chi connectivity index (χ2v) is 7.64. The minimum Gasteiger partial charge on any atom is -0.489 e. The summed E-state index contributed by atoms with van der Waals surface area (Å²) in [5, 5.41) is 9.83. The molecule has 0 aliphatic rings. The highest BCUT2D eigenvalue weighted by molar-refractivity contribution is 5.88. The summed E-state index contributed by atoms with van der Waals surface area (Å²) in [5.41, 5.74) is 2.28. The molecule has 0 aliphatic carbocycles. The van der Waals surface area contributed by atoms with E-state index in [1.54, 1.807) is 36.4 Å². The van der Waals surface area contributed by atoms with Gasteiger partial charge in [0.25, 0.3) is 0 Å².